The smallest absolute Gasteiger partial charge is 0.261 e. The SMILES string of the molecule is Cc1ccn2c(NC(=O)c3ccccc3Oc3cnn(C)c3)nnc2c1. The lowest BCUT2D eigenvalue weighted by Crippen LogP contribution is -2.15. The molecule has 0 aliphatic carbocycles. The van der Waals surface area contributed by atoms with Gasteiger partial charge in [0.1, 0.15) is 5.75 Å². The molecule has 8 heteroatoms. The predicted octanol–water partition coefficient (Wildman–Crippen LogP) is 2.82. The van der Waals surface area contributed by atoms with Crippen LogP contribution in [0.3, 0.4) is 0 Å². The molecule has 0 radical (unpaired) electrons. The van der Waals surface area contributed by atoms with Crippen molar-refractivity contribution in [2.75, 3.05) is 5.32 Å². The Hall–Kier alpha value is -3.68. The molecular weight excluding hydrogens is 332 g/mol. The van der Waals surface area contributed by atoms with E-state index in [-0.39, 0.29) is 5.91 Å². The van der Waals surface area contributed by atoms with Crippen LogP contribution >= 0.6 is 0 Å². The van der Waals surface area contributed by atoms with Gasteiger partial charge in [0, 0.05) is 13.2 Å². The van der Waals surface area contributed by atoms with Crippen LogP contribution in [0, 0.1) is 6.92 Å². The van der Waals surface area contributed by atoms with Crippen molar-refractivity contribution in [3.05, 3.63) is 66.1 Å². The molecule has 26 heavy (non-hydrogen) atoms. The third kappa shape index (κ3) is 3.00. The summed E-state index contributed by atoms with van der Waals surface area (Å²) in [4.78, 5) is 12.7. The first kappa shape index (κ1) is 15.8. The summed E-state index contributed by atoms with van der Waals surface area (Å²) in [6, 6.07) is 10.8. The lowest BCUT2D eigenvalue weighted by molar-refractivity contribution is 0.102. The van der Waals surface area contributed by atoms with E-state index in [1.807, 2.05) is 25.3 Å². The highest BCUT2D eigenvalue weighted by Gasteiger charge is 2.16. The number of nitrogens with one attached hydrogen (secondary N) is 1. The highest BCUT2D eigenvalue weighted by molar-refractivity contribution is 6.05. The Labute approximate surface area is 149 Å². The monoisotopic (exact) mass is 348 g/mol. The number of aryl methyl sites for hydroxylation is 2. The minimum Gasteiger partial charge on any atom is -0.453 e. The van der Waals surface area contributed by atoms with Crippen molar-refractivity contribution in [2.24, 2.45) is 7.05 Å². The second-order valence-corrected chi connectivity index (χ2v) is 5.86. The zero-order valence-corrected chi connectivity index (χ0v) is 14.2. The summed E-state index contributed by atoms with van der Waals surface area (Å²) in [6.07, 6.45) is 5.13. The number of nitrogens with zero attached hydrogens (tertiary/aromatic N) is 5. The third-order valence-electron chi connectivity index (χ3n) is 3.83. The standard InChI is InChI=1S/C18H16N6O2/c1-12-7-8-24-16(9-12)21-22-18(24)20-17(25)14-5-3-4-6-15(14)26-13-10-19-23(2)11-13/h3-11H,1-2H3,(H,20,22,25). The second-order valence-electron chi connectivity index (χ2n) is 5.86. The molecule has 130 valence electrons. The van der Waals surface area contributed by atoms with E-state index in [2.05, 4.69) is 20.6 Å². The van der Waals surface area contributed by atoms with Gasteiger partial charge in [-0.1, -0.05) is 12.1 Å². The molecule has 0 spiro atoms. The first-order valence-electron chi connectivity index (χ1n) is 7.98. The number of hydrogen-bond donors (Lipinski definition) is 1. The van der Waals surface area contributed by atoms with E-state index in [1.165, 1.54) is 0 Å². The molecule has 0 atom stereocenters. The number of fused-ring (bicyclic) bond motifs is 1. The number of pyridine rings is 1. The number of hydrogen-bond acceptors (Lipinski definition) is 5. The van der Waals surface area contributed by atoms with Gasteiger partial charge in [0.25, 0.3) is 5.91 Å². The Bertz CT molecular complexity index is 1100. The van der Waals surface area contributed by atoms with Gasteiger partial charge in [-0.15, -0.1) is 10.2 Å². The molecule has 0 aliphatic rings. The summed E-state index contributed by atoms with van der Waals surface area (Å²) in [7, 11) is 1.80. The van der Waals surface area contributed by atoms with E-state index in [0.717, 1.165) is 5.56 Å². The summed E-state index contributed by atoms with van der Waals surface area (Å²) < 4.78 is 9.13. The molecule has 4 rings (SSSR count). The van der Waals surface area contributed by atoms with Gasteiger partial charge in [0.2, 0.25) is 5.95 Å². The van der Waals surface area contributed by atoms with E-state index >= 15 is 0 Å². The van der Waals surface area contributed by atoms with Crippen LogP contribution in [0.15, 0.2) is 55.0 Å². The molecule has 0 saturated heterocycles. The van der Waals surface area contributed by atoms with Crippen LogP contribution < -0.4 is 10.1 Å². The maximum Gasteiger partial charge on any atom is 0.261 e. The van der Waals surface area contributed by atoms with Crippen molar-refractivity contribution in [1.82, 2.24) is 24.4 Å². The number of amides is 1. The van der Waals surface area contributed by atoms with Crippen LogP contribution in [0.25, 0.3) is 5.65 Å². The number of rotatable bonds is 4. The van der Waals surface area contributed by atoms with Crippen LogP contribution in [0.5, 0.6) is 11.5 Å². The van der Waals surface area contributed by atoms with Gasteiger partial charge in [-0.3, -0.25) is 19.2 Å². The minimum atomic E-state index is -0.334. The van der Waals surface area contributed by atoms with Crippen molar-refractivity contribution in [1.29, 1.82) is 0 Å². The lowest BCUT2D eigenvalue weighted by atomic mass is 10.2. The summed E-state index contributed by atoms with van der Waals surface area (Å²) in [6.45, 7) is 1.97. The number of para-hydroxylation sites is 1. The van der Waals surface area contributed by atoms with Crippen LogP contribution in [0.1, 0.15) is 15.9 Å². The highest BCUT2D eigenvalue weighted by atomic mass is 16.5. The fraction of sp³-hybridized carbons (Fsp3) is 0.111. The number of carbonyl (C=O) groups excluding carboxylic acids is 1. The van der Waals surface area contributed by atoms with Crippen molar-refractivity contribution in [3.8, 4) is 11.5 Å². The van der Waals surface area contributed by atoms with E-state index < -0.39 is 0 Å². The quantitative estimate of drug-likeness (QED) is 0.613. The zero-order valence-electron chi connectivity index (χ0n) is 14.2. The molecule has 1 amide bonds. The van der Waals surface area contributed by atoms with Gasteiger partial charge in [-0.2, -0.15) is 5.10 Å². The first-order valence-corrected chi connectivity index (χ1v) is 7.98. The minimum absolute atomic E-state index is 0.334. The van der Waals surface area contributed by atoms with Gasteiger partial charge in [0.05, 0.1) is 18.0 Å². The van der Waals surface area contributed by atoms with Crippen LogP contribution in [0.4, 0.5) is 5.95 Å². The van der Waals surface area contributed by atoms with Gasteiger partial charge >= 0.3 is 0 Å². The maximum atomic E-state index is 12.7. The molecular formula is C18H16N6O2. The predicted molar refractivity (Wildman–Crippen MR) is 95.4 cm³/mol. The average molecular weight is 348 g/mol. The van der Waals surface area contributed by atoms with Crippen molar-refractivity contribution in [3.63, 3.8) is 0 Å². The van der Waals surface area contributed by atoms with Crippen LogP contribution in [-0.2, 0) is 7.05 Å². The van der Waals surface area contributed by atoms with Gasteiger partial charge in [0.15, 0.2) is 11.4 Å². The number of benzene rings is 1. The van der Waals surface area contributed by atoms with Crippen LogP contribution in [0.2, 0.25) is 0 Å². The van der Waals surface area contributed by atoms with Crippen molar-refractivity contribution in [2.45, 2.75) is 6.92 Å². The van der Waals surface area contributed by atoms with Gasteiger partial charge < -0.3 is 4.74 Å². The number of ether oxygens (including phenoxy) is 1. The van der Waals surface area contributed by atoms with E-state index in [9.17, 15) is 4.79 Å². The molecule has 1 aromatic carbocycles. The number of anilines is 1. The average Bonchev–Trinajstić information content (AvgIpc) is 3.21. The Balaban J connectivity index is 1.61. The van der Waals surface area contributed by atoms with Crippen molar-refractivity contribution < 1.29 is 9.53 Å². The summed E-state index contributed by atoms with van der Waals surface area (Å²) in [5, 5.41) is 15.0. The topological polar surface area (TPSA) is 86.3 Å². The van der Waals surface area contributed by atoms with Crippen LogP contribution in [-0.4, -0.2) is 30.3 Å². The Morgan fingerprint density at radius 3 is 2.85 bits per heavy atom. The Morgan fingerprint density at radius 2 is 2.04 bits per heavy atom. The van der Waals surface area contributed by atoms with E-state index in [1.54, 1.807) is 52.8 Å². The van der Waals surface area contributed by atoms with Crippen molar-refractivity contribution >= 4 is 17.5 Å². The maximum absolute atomic E-state index is 12.7. The summed E-state index contributed by atoms with van der Waals surface area (Å²) >= 11 is 0. The third-order valence-corrected chi connectivity index (χ3v) is 3.83. The first-order chi connectivity index (χ1) is 12.6. The fourth-order valence-electron chi connectivity index (χ4n) is 2.57. The molecule has 8 nitrogen and oxygen atoms in total. The second kappa shape index (κ2) is 6.32. The summed E-state index contributed by atoms with van der Waals surface area (Å²) in [5.74, 6) is 0.999. The molecule has 3 heterocycles. The lowest BCUT2D eigenvalue weighted by Gasteiger charge is -2.09. The Kier molecular flexibility index (Phi) is 3.85. The molecule has 0 fully saturated rings. The Morgan fingerprint density at radius 1 is 1.19 bits per heavy atom. The molecule has 0 unspecified atom stereocenters. The normalized spacial score (nSPS) is 10.8. The molecule has 0 saturated carbocycles. The molecule has 0 aliphatic heterocycles. The molecule has 4 aromatic rings. The summed E-state index contributed by atoms with van der Waals surface area (Å²) in [5.41, 5.74) is 2.12. The zero-order chi connectivity index (χ0) is 18.1. The fourth-order valence-corrected chi connectivity index (χ4v) is 2.57. The highest BCUT2D eigenvalue weighted by Crippen LogP contribution is 2.25. The van der Waals surface area contributed by atoms with E-state index in [4.69, 9.17) is 4.74 Å². The molecule has 0 bridgehead atoms. The largest absolute Gasteiger partial charge is 0.453 e. The number of carbonyl (C=O) groups is 1. The van der Waals surface area contributed by atoms with E-state index in [0.29, 0.717) is 28.7 Å². The molecule has 1 N–H and O–H groups in total. The van der Waals surface area contributed by atoms with Gasteiger partial charge in [-0.05, 0) is 36.8 Å². The van der Waals surface area contributed by atoms with Gasteiger partial charge in [-0.25, -0.2) is 0 Å². The number of aromatic nitrogens is 5. The molecule has 3 aromatic heterocycles.